The Balaban J connectivity index is 3.43. The Bertz CT molecular complexity index is 507. The minimum Gasteiger partial charge on any atom is -0.497 e. The van der Waals surface area contributed by atoms with Crippen LogP contribution in [0, 0.1) is 0 Å². The number of carbonyl (C=O) groups is 2. The summed E-state index contributed by atoms with van der Waals surface area (Å²) in [5, 5.41) is 8.09. The van der Waals surface area contributed by atoms with E-state index in [2.05, 4.69) is 12.6 Å². The number of rotatable bonds is 5. The summed E-state index contributed by atoms with van der Waals surface area (Å²) in [5.41, 5.74) is 0.251. The van der Waals surface area contributed by atoms with Crippen LogP contribution in [0.15, 0.2) is 24.3 Å². The predicted molar refractivity (Wildman–Crippen MR) is 69.2 cm³/mol. The molecular formula is C12H12O5S. The first-order valence-corrected chi connectivity index (χ1v) is 5.34. The molecule has 96 valence electrons. The second kappa shape index (κ2) is 6.11. The monoisotopic (exact) mass is 268 g/mol. The molecule has 0 saturated carbocycles. The predicted octanol–water partition coefficient (Wildman–Crippen LogP) is 1.63. The van der Waals surface area contributed by atoms with Gasteiger partial charge in [0.25, 0.3) is 0 Å². The highest BCUT2D eigenvalue weighted by Gasteiger charge is 2.16. The number of hydrogen-bond donors (Lipinski definition) is 2. The van der Waals surface area contributed by atoms with Crippen LogP contribution in [0.3, 0.4) is 0 Å². The van der Waals surface area contributed by atoms with E-state index in [9.17, 15) is 9.59 Å². The first-order valence-electron chi connectivity index (χ1n) is 4.90. The number of aliphatic carboxylic acids is 1. The second-order valence-electron chi connectivity index (χ2n) is 3.27. The lowest BCUT2D eigenvalue weighted by Crippen LogP contribution is -2.01. The number of carboxylic acids is 1. The zero-order valence-electron chi connectivity index (χ0n) is 9.84. The molecule has 0 aromatic heterocycles. The smallest absolute Gasteiger partial charge is 0.329 e. The van der Waals surface area contributed by atoms with Crippen molar-refractivity contribution in [1.29, 1.82) is 0 Å². The van der Waals surface area contributed by atoms with Crippen LogP contribution in [-0.4, -0.2) is 30.4 Å². The Hall–Kier alpha value is -1.95. The molecule has 0 fully saturated rings. The molecule has 0 heterocycles. The van der Waals surface area contributed by atoms with Crippen LogP contribution in [0.4, 0.5) is 0 Å². The summed E-state index contributed by atoms with van der Waals surface area (Å²) in [6, 6.07) is 4.74. The van der Waals surface area contributed by atoms with E-state index in [1.54, 1.807) is 12.1 Å². The molecule has 1 N–H and O–H groups in total. The molecule has 5 nitrogen and oxygen atoms in total. The van der Waals surface area contributed by atoms with Crippen molar-refractivity contribution in [2.24, 2.45) is 0 Å². The van der Waals surface area contributed by atoms with Gasteiger partial charge in [-0.15, -0.1) is 12.6 Å². The van der Waals surface area contributed by atoms with Crippen molar-refractivity contribution in [3.05, 3.63) is 29.8 Å². The summed E-state index contributed by atoms with van der Waals surface area (Å²) in [6.45, 7) is 0. The lowest BCUT2D eigenvalue weighted by molar-refractivity contribution is -0.131. The molecule has 1 rings (SSSR count). The maximum Gasteiger partial charge on any atom is 0.329 e. The highest BCUT2D eigenvalue weighted by atomic mass is 32.1. The molecule has 0 spiro atoms. The zero-order chi connectivity index (χ0) is 13.7. The number of ether oxygens (including phenoxy) is 2. The topological polar surface area (TPSA) is 72.8 Å². The van der Waals surface area contributed by atoms with Gasteiger partial charge in [-0.05, 0) is 18.2 Å². The molecule has 1 aromatic carbocycles. The highest BCUT2D eigenvalue weighted by molar-refractivity contribution is 7.98. The normalized spacial score (nSPS) is 10.9. The minimum atomic E-state index is -1.24. The van der Waals surface area contributed by atoms with Gasteiger partial charge in [0.15, 0.2) is 0 Å². The zero-order valence-corrected chi connectivity index (χ0v) is 10.7. The minimum absolute atomic E-state index is 0.0680. The summed E-state index contributed by atoms with van der Waals surface area (Å²) in [7, 11) is 2.89. The van der Waals surface area contributed by atoms with Crippen LogP contribution in [-0.2, 0) is 9.59 Å². The van der Waals surface area contributed by atoms with Crippen LogP contribution in [0.2, 0.25) is 0 Å². The van der Waals surface area contributed by atoms with Crippen LogP contribution in [0.25, 0.3) is 5.57 Å². The molecule has 0 radical (unpaired) electrons. The Morgan fingerprint density at radius 1 is 1.28 bits per heavy atom. The SMILES string of the molecule is COc1ccc(OC)c(C(=CC(=O)O)C(=O)S)c1. The Kier molecular flexibility index (Phi) is 4.79. The maximum atomic E-state index is 11.4. The summed E-state index contributed by atoms with van der Waals surface area (Å²) in [4.78, 5) is 22.1. The third kappa shape index (κ3) is 3.27. The van der Waals surface area contributed by atoms with Crippen LogP contribution < -0.4 is 9.47 Å². The van der Waals surface area contributed by atoms with E-state index in [4.69, 9.17) is 14.6 Å². The van der Waals surface area contributed by atoms with Crippen molar-refractivity contribution in [2.45, 2.75) is 0 Å². The average Bonchev–Trinajstić information content (AvgIpc) is 2.34. The number of carbonyl (C=O) groups excluding carboxylic acids is 1. The van der Waals surface area contributed by atoms with Crippen molar-refractivity contribution in [2.75, 3.05) is 14.2 Å². The number of thiol groups is 1. The van der Waals surface area contributed by atoms with Gasteiger partial charge in [-0.3, -0.25) is 4.79 Å². The van der Waals surface area contributed by atoms with Crippen molar-refractivity contribution >= 4 is 29.3 Å². The van der Waals surface area contributed by atoms with Gasteiger partial charge in [0.05, 0.1) is 14.2 Å². The fraction of sp³-hybridized carbons (Fsp3) is 0.167. The fourth-order valence-corrected chi connectivity index (χ4v) is 1.59. The van der Waals surface area contributed by atoms with Crippen molar-refractivity contribution in [1.82, 2.24) is 0 Å². The quantitative estimate of drug-likeness (QED) is 0.627. The second-order valence-corrected chi connectivity index (χ2v) is 3.67. The van der Waals surface area contributed by atoms with E-state index in [0.29, 0.717) is 17.1 Å². The van der Waals surface area contributed by atoms with Gasteiger partial charge in [0.1, 0.15) is 11.5 Å². The summed E-state index contributed by atoms with van der Waals surface area (Å²) >= 11 is 3.66. The maximum absolute atomic E-state index is 11.4. The molecule has 0 atom stereocenters. The van der Waals surface area contributed by atoms with E-state index in [1.807, 2.05) is 0 Å². The lowest BCUT2D eigenvalue weighted by atomic mass is 10.0. The van der Waals surface area contributed by atoms with Crippen molar-refractivity contribution in [3.63, 3.8) is 0 Å². The van der Waals surface area contributed by atoms with Gasteiger partial charge < -0.3 is 14.6 Å². The van der Waals surface area contributed by atoms with Gasteiger partial charge in [-0.2, -0.15) is 0 Å². The lowest BCUT2D eigenvalue weighted by Gasteiger charge is -2.11. The average molecular weight is 268 g/mol. The van der Waals surface area contributed by atoms with E-state index in [1.165, 1.54) is 20.3 Å². The Labute approximate surface area is 109 Å². The molecule has 0 aliphatic carbocycles. The van der Waals surface area contributed by atoms with E-state index >= 15 is 0 Å². The molecule has 0 saturated heterocycles. The first-order chi connectivity index (χ1) is 8.49. The standard InChI is InChI=1S/C12H12O5S/c1-16-7-3-4-10(17-2)8(5-7)9(12(15)18)6-11(13)14/h3-6H,1-2H3,(H,13,14)(H,15,18). The van der Waals surface area contributed by atoms with Gasteiger partial charge in [-0.25, -0.2) is 4.79 Å². The highest BCUT2D eigenvalue weighted by Crippen LogP contribution is 2.31. The van der Waals surface area contributed by atoms with Crippen molar-refractivity contribution < 1.29 is 24.2 Å². The third-order valence-corrected chi connectivity index (χ3v) is 2.44. The van der Waals surface area contributed by atoms with Gasteiger partial charge in [0, 0.05) is 17.2 Å². The summed E-state index contributed by atoms with van der Waals surface area (Å²) in [5.74, 6) is -0.389. The summed E-state index contributed by atoms with van der Waals surface area (Å²) < 4.78 is 10.1. The van der Waals surface area contributed by atoms with Crippen molar-refractivity contribution in [3.8, 4) is 11.5 Å². The Morgan fingerprint density at radius 2 is 1.94 bits per heavy atom. The van der Waals surface area contributed by atoms with Gasteiger partial charge >= 0.3 is 5.97 Å². The molecule has 0 aliphatic heterocycles. The number of benzene rings is 1. The molecule has 6 heteroatoms. The van der Waals surface area contributed by atoms with E-state index in [0.717, 1.165) is 6.08 Å². The van der Waals surface area contributed by atoms with Crippen LogP contribution >= 0.6 is 12.6 Å². The Morgan fingerprint density at radius 3 is 2.39 bits per heavy atom. The molecule has 0 unspecified atom stereocenters. The van der Waals surface area contributed by atoms with Gasteiger partial charge in [0.2, 0.25) is 5.12 Å². The largest absolute Gasteiger partial charge is 0.497 e. The van der Waals surface area contributed by atoms with E-state index < -0.39 is 11.1 Å². The van der Waals surface area contributed by atoms with Gasteiger partial charge in [-0.1, -0.05) is 0 Å². The molecule has 1 aromatic rings. The first kappa shape index (κ1) is 14.1. The number of carboxylic acid groups (broad SMARTS) is 1. The fourth-order valence-electron chi connectivity index (χ4n) is 1.40. The van der Waals surface area contributed by atoms with Crippen LogP contribution in [0.1, 0.15) is 5.56 Å². The summed E-state index contributed by atoms with van der Waals surface area (Å²) in [6.07, 6.45) is 0.784. The van der Waals surface area contributed by atoms with E-state index in [-0.39, 0.29) is 5.57 Å². The number of hydrogen-bond acceptors (Lipinski definition) is 4. The molecule has 18 heavy (non-hydrogen) atoms. The third-order valence-electron chi connectivity index (χ3n) is 2.20. The molecular weight excluding hydrogens is 256 g/mol. The molecule has 0 amide bonds. The molecule has 0 aliphatic rings. The molecule has 0 bridgehead atoms. The number of methoxy groups -OCH3 is 2. The van der Waals surface area contributed by atoms with Crippen LogP contribution in [0.5, 0.6) is 11.5 Å².